The van der Waals surface area contributed by atoms with E-state index in [2.05, 4.69) is 17.0 Å². The van der Waals surface area contributed by atoms with Crippen molar-refractivity contribution >= 4 is 10.0 Å². The van der Waals surface area contributed by atoms with Crippen LogP contribution in [0.2, 0.25) is 0 Å². The van der Waals surface area contributed by atoms with Crippen LogP contribution in [-0.4, -0.2) is 22.0 Å². The Kier molecular flexibility index (Phi) is 6.32. The van der Waals surface area contributed by atoms with Gasteiger partial charge < -0.3 is 5.32 Å². The lowest BCUT2D eigenvalue weighted by Crippen LogP contribution is -2.26. The van der Waals surface area contributed by atoms with Gasteiger partial charge in [-0.25, -0.2) is 13.1 Å². The number of sulfonamides is 1. The van der Waals surface area contributed by atoms with Gasteiger partial charge in [-0.05, 0) is 25.1 Å². The van der Waals surface area contributed by atoms with E-state index in [0.29, 0.717) is 18.0 Å². The van der Waals surface area contributed by atoms with Crippen molar-refractivity contribution in [2.24, 2.45) is 0 Å². The summed E-state index contributed by atoms with van der Waals surface area (Å²) < 4.78 is 27.0. The van der Waals surface area contributed by atoms with Crippen LogP contribution in [0.3, 0.4) is 0 Å². The minimum atomic E-state index is -3.38. The summed E-state index contributed by atoms with van der Waals surface area (Å²) in [6, 6.07) is 7.08. The lowest BCUT2D eigenvalue weighted by molar-refractivity contribution is 0.574. The third-order valence-corrected chi connectivity index (χ3v) is 4.26. The summed E-state index contributed by atoms with van der Waals surface area (Å²) >= 11 is 0. The molecule has 0 aromatic heterocycles. The van der Waals surface area contributed by atoms with Gasteiger partial charge in [0, 0.05) is 13.1 Å². The summed E-state index contributed by atoms with van der Waals surface area (Å²) in [4.78, 5) is 0.371. The maximum Gasteiger partial charge on any atom is 0.240 e. The molecular weight excluding hydrogens is 248 g/mol. The zero-order valence-corrected chi connectivity index (χ0v) is 11.9. The molecule has 0 fully saturated rings. The van der Waals surface area contributed by atoms with Crippen molar-refractivity contribution < 1.29 is 8.42 Å². The van der Waals surface area contributed by atoms with Crippen molar-refractivity contribution in [2.45, 2.75) is 37.6 Å². The number of hydrogen-bond acceptors (Lipinski definition) is 3. The molecule has 0 saturated heterocycles. The minimum Gasteiger partial charge on any atom is -0.316 e. The first-order valence-electron chi connectivity index (χ1n) is 6.34. The van der Waals surface area contributed by atoms with E-state index in [1.165, 1.54) is 0 Å². The van der Waals surface area contributed by atoms with Crippen molar-refractivity contribution in [2.75, 3.05) is 13.6 Å². The molecule has 0 aliphatic heterocycles. The van der Waals surface area contributed by atoms with Crippen LogP contribution in [-0.2, 0) is 16.6 Å². The molecule has 102 valence electrons. The monoisotopic (exact) mass is 270 g/mol. The van der Waals surface area contributed by atoms with E-state index in [4.69, 9.17) is 0 Å². The highest BCUT2D eigenvalue weighted by molar-refractivity contribution is 7.89. The van der Waals surface area contributed by atoms with Crippen LogP contribution >= 0.6 is 0 Å². The Bertz CT molecular complexity index is 458. The molecule has 1 aromatic carbocycles. The molecule has 0 radical (unpaired) electrons. The second kappa shape index (κ2) is 7.51. The average molecular weight is 270 g/mol. The molecule has 2 N–H and O–H groups in total. The van der Waals surface area contributed by atoms with Crippen LogP contribution in [0.25, 0.3) is 0 Å². The molecule has 1 aromatic rings. The van der Waals surface area contributed by atoms with Crippen molar-refractivity contribution in [3.8, 4) is 0 Å². The first kappa shape index (κ1) is 15.1. The molecule has 0 saturated carbocycles. The van der Waals surface area contributed by atoms with Crippen LogP contribution in [0, 0.1) is 0 Å². The van der Waals surface area contributed by atoms with E-state index in [-0.39, 0.29) is 0 Å². The molecule has 0 aliphatic rings. The van der Waals surface area contributed by atoms with E-state index in [9.17, 15) is 8.42 Å². The Morgan fingerprint density at radius 3 is 2.56 bits per heavy atom. The Hall–Kier alpha value is -0.910. The predicted molar refractivity (Wildman–Crippen MR) is 73.9 cm³/mol. The second-order valence-electron chi connectivity index (χ2n) is 4.24. The van der Waals surface area contributed by atoms with Gasteiger partial charge in [0.2, 0.25) is 10.0 Å². The predicted octanol–water partition coefficient (Wildman–Crippen LogP) is 1.87. The van der Waals surface area contributed by atoms with Crippen LogP contribution in [0.1, 0.15) is 31.7 Å². The van der Waals surface area contributed by atoms with Gasteiger partial charge in [-0.2, -0.15) is 0 Å². The molecule has 0 spiro atoms. The van der Waals surface area contributed by atoms with E-state index < -0.39 is 10.0 Å². The molecule has 0 heterocycles. The summed E-state index contributed by atoms with van der Waals surface area (Å²) in [5.41, 5.74) is 0.794. The van der Waals surface area contributed by atoms with Crippen molar-refractivity contribution in [3.63, 3.8) is 0 Å². The Labute approximate surface area is 110 Å². The fourth-order valence-electron chi connectivity index (χ4n) is 1.76. The Morgan fingerprint density at radius 2 is 1.89 bits per heavy atom. The molecule has 0 unspecified atom stereocenters. The van der Waals surface area contributed by atoms with Crippen LogP contribution in [0.15, 0.2) is 29.2 Å². The first-order valence-corrected chi connectivity index (χ1v) is 7.82. The maximum absolute atomic E-state index is 12.2. The third kappa shape index (κ3) is 4.40. The van der Waals surface area contributed by atoms with Gasteiger partial charge in [0.1, 0.15) is 0 Å². The topological polar surface area (TPSA) is 58.2 Å². The van der Waals surface area contributed by atoms with E-state index in [1.807, 2.05) is 12.1 Å². The van der Waals surface area contributed by atoms with Gasteiger partial charge in [-0.15, -0.1) is 0 Å². The highest BCUT2D eigenvalue weighted by Crippen LogP contribution is 2.15. The van der Waals surface area contributed by atoms with Crippen molar-refractivity contribution in [1.29, 1.82) is 0 Å². The van der Waals surface area contributed by atoms with Crippen LogP contribution in [0.5, 0.6) is 0 Å². The lowest BCUT2D eigenvalue weighted by Gasteiger charge is -2.11. The quantitative estimate of drug-likeness (QED) is 0.709. The number of nitrogens with one attached hydrogen (secondary N) is 2. The minimum absolute atomic E-state index is 0.371. The Morgan fingerprint density at radius 1 is 1.17 bits per heavy atom. The fourth-order valence-corrected chi connectivity index (χ4v) is 3.07. The highest BCUT2D eigenvalue weighted by Gasteiger charge is 2.16. The number of unbranched alkanes of at least 4 members (excludes halogenated alkanes) is 2. The summed E-state index contributed by atoms with van der Waals surface area (Å²) in [5, 5.41) is 2.98. The zero-order chi connectivity index (χ0) is 13.4. The summed E-state index contributed by atoms with van der Waals surface area (Å²) in [6.07, 6.45) is 3.00. The van der Waals surface area contributed by atoms with Gasteiger partial charge >= 0.3 is 0 Å². The molecule has 4 nitrogen and oxygen atoms in total. The van der Waals surface area contributed by atoms with Crippen LogP contribution in [0.4, 0.5) is 0 Å². The second-order valence-corrected chi connectivity index (χ2v) is 5.98. The van der Waals surface area contributed by atoms with Crippen molar-refractivity contribution in [1.82, 2.24) is 10.0 Å². The normalized spacial score (nSPS) is 11.7. The first-order chi connectivity index (χ1) is 8.61. The van der Waals surface area contributed by atoms with Crippen molar-refractivity contribution in [3.05, 3.63) is 29.8 Å². The van der Waals surface area contributed by atoms with Gasteiger partial charge in [0.15, 0.2) is 0 Å². The van der Waals surface area contributed by atoms with Gasteiger partial charge in [0.05, 0.1) is 4.90 Å². The molecule has 0 amide bonds. The maximum atomic E-state index is 12.2. The molecular formula is C13H22N2O2S. The SMILES string of the molecule is CCCCCNS(=O)(=O)c1ccccc1CNC. The van der Waals surface area contributed by atoms with Gasteiger partial charge in [0.25, 0.3) is 0 Å². The summed E-state index contributed by atoms with van der Waals surface area (Å²) in [5.74, 6) is 0. The lowest BCUT2D eigenvalue weighted by atomic mass is 10.2. The Balaban J connectivity index is 2.77. The third-order valence-electron chi connectivity index (χ3n) is 2.70. The molecule has 5 heteroatoms. The summed E-state index contributed by atoms with van der Waals surface area (Å²) in [7, 11) is -1.58. The number of rotatable bonds is 8. The molecule has 18 heavy (non-hydrogen) atoms. The van der Waals surface area contributed by atoms with Crippen LogP contribution < -0.4 is 10.0 Å². The smallest absolute Gasteiger partial charge is 0.240 e. The standard InChI is InChI=1S/C13H22N2O2S/c1-3-4-7-10-15-18(16,17)13-9-6-5-8-12(13)11-14-2/h5-6,8-9,14-15H,3-4,7,10-11H2,1-2H3. The fraction of sp³-hybridized carbons (Fsp3) is 0.538. The average Bonchev–Trinajstić information content (AvgIpc) is 2.36. The molecule has 0 aliphatic carbocycles. The molecule has 0 bridgehead atoms. The van der Waals surface area contributed by atoms with Gasteiger partial charge in [-0.3, -0.25) is 0 Å². The van der Waals surface area contributed by atoms with Gasteiger partial charge in [-0.1, -0.05) is 38.0 Å². The number of hydrogen-bond donors (Lipinski definition) is 2. The molecule has 1 rings (SSSR count). The number of benzene rings is 1. The zero-order valence-electron chi connectivity index (χ0n) is 11.1. The van der Waals surface area contributed by atoms with E-state index >= 15 is 0 Å². The summed E-state index contributed by atoms with van der Waals surface area (Å²) in [6.45, 7) is 3.15. The van der Waals surface area contributed by atoms with E-state index in [0.717, 1.165) is 24.8 Å². The van der Waals surface area contributed by atoms with E-state index in [1.54, 1.807) is 19.2 Å². The largest absolute Gasteiger partial charge is 0.316 e. The highest BCUT2D eigenvalue weighted by atomic mass is 32.2. The molecule has 0 atom stereocenters.